The molecule has 0 bridgehead atoms. The second kappa shape index (κ2) is 7.67. The van der Waals surface area contributed by atoms with Crippen molar-refractivity contribution in [2.24, 2.45) is 4.99 Å². The Labute approximate surface area is 166 Å². The van der Waals surface area contributed by atoms with Crippen molar-refractivity contribution >= 4 is 29.6 Å². The number of nitrogens with zero attached hydrogens (tertiary/aromatic N) is 2. The summed E-state index contributed by atoms with van der Waals surface area (Å²) in [7, 11) is 0. The minimum absolute atomic E-state index is 0.0208. The number of nitro benzene ring substituents is 1. The van der Waals surface area contributed by atoms with Gasteiger partial charge in [-0.25, -0.2) is 9.79 Å². The summed E-state index contributed by atoms with van der Waals surface area (Å²) in [5, 5.41) is 11.1. The third-order valence-electron chi connectivity index (χ3n) is 4.38. The number of benzene rings is 2. The summed E-state index contributed by atoms with van der Waals surface area (Å²) < 4.78 is 10.4. The number of hydrogen-bond acceptors (Lipinski definition) is 7. The molecule has 0 amide bonds. The topological polar surface area (TPSA) is 108 Å². The number of cyclic esters (lactones) is 1. The lowest BCUT2D eigenvalue weighted by Gasteiger charge is -2.10. The summed E-state index contributed by atoms with van der Waals surface area (Å²) in [6.07, 6.45) is 1.56. The van der Waals surface area contributed by atoms with Gasteiger partial charge in [-0.05, 0) is 61.7 Å². The largest absolute Gasteiger partial charge is 0.426 e. The minimum atomic E-state index is -0.648. The van der Waals surface area contributed by atoms with E-state index in [9.17, 15) is 19.7 Å². The third-order valence-corrected chi connectivity index (χ3v) is 4.38. The fourth-order valence-corrected chi connectivity index (χ4v) is 3.11. The molecule has 0 radical (unpaired) electrons. The zero-order chi connectivity index (χ0) is 21.3. The van der Waals surface area contributed by atoms with E-state index in [0.29, 0.717) is 22.4 Å². The third kappa shape index (κ3) is 4.06. The number of ether oxygens (including phenoxy) is 2. The van der Waals surface area contributed by atoms with Crippen LogP contribution in [0.1, 0.15) is 34.7 Å². The quantitative estimate of drug-likeness (QED) is 0.257. The van der Waals surface area contributed by atoms with E-state index in [-0.39, 0.29) is 17.3 Å². The van der Waals surface area contributed by atoms with Crippen LogP contribution in [0.15, 0.2) is 41.0 Å². The number of hydrogen-bond donors (Lipinski definition) is 0. The van der Waals surface area contributed by atoms with Gasteiger partial charge in [0.1, 0.15) is 5.75 Å². The predicted molar refractivity (Wildman–Crippen MR) is 106 cm³/mol. The Morgan fingerprint density at radius 3 is 2.45 bits per heavy atom. The van der Waals surface area contributed by atoms with E-state index in [4.69, 9.17) is 9.47 Å². The Balaban J connectivity index is 1.99. The molecule has 0 aliphatic carbocycles. The maximum atomic E-state index is 12.3. The zero-order valence-electron chi connectivity index (χ0n) is 16.3. The molecule has 1 heterocycles. The lowest BCUT2D eigenvalue weighted by atomic mass is 10.0. The molecule has 148 valence electrons. The molecule has 0 aromatic heterocycles. The van der Waals surface area contributed by atoms with Gasteiger partial charge < -0.3 is 9.47 Å². The van der Waals surface area contributed by atoms with E-state index < -0.39 is 16.9 Å². The van der Waals surface area contributed by atoms with Gasteiger partial charge in [-0.15, -0.1) is 0 Å². The highest BCUT2D eigenvalue weighted by molar-refractivity contribution is 6.13. The lowest BCUT2D eigenvalue weighted by molar-refractivity contribution is -0.385. The first kappa shape index (κ1) is 19.9. The first-order valence-electron chi connectivity index (χ1n) is 8.74. The van der Waals surface area contributed by atoms with Crippen molar-refractivity contribution in [1.82, 2.24) is 0 Å². The smallest absolute Gasteiger partial charge is 0.363 e. The van der Waals surface area contributed by atoms with Crippen LogP contribution in [0.3, 0.4) is 0 Å². The first-order chi connectivity index (χ1) is 13.7. The molecule has 8 nitrogen and oxygen atoms in total. The van der Waals surface area contributed by atoms with Crippen molar-refractivity contribution in [3.05, 3.63) is 74.0 Å². The Bertz CT molecular complexity index is 1090. The van der Waals surface area contributed by atoms with Gasteiger partial charge in [-0.1, -0.05) is 6.07 Å². The van der Waals surface area contributed by atoms with Crippen LogP contribution in [0.4, 0.5) is 5.69 Å². The van der Waals surface area contributed by atoms with E-state index in [1.165, 1.54) is 19.1 Å². The molecule has 0 saturated carbocycles. The van der Waals surface area contributed by atoms with Gasteiger partial charge in [0.2, 0.25) is 5.90 Å². The fourth-order valence-electron chi connectivity index (χ4n) is 3.11. The van der Waals surface area contributed by atoms with Crippen LogP contribution in [-0.4, -0.2) is 22.8 Å². The molecular formula is C21H18N2O6. The molecule has 0 spiro atoms. The van der Waals surface area contributed by atoms with Crippen LogP contribution in [-0.2, 0) is 14.3 Å². The normalized spacial score (nSPS) is 14.6. The standard InChI is InChI=1S/C21H18N2O6/c1-11-8-15(9-12(2)19(11)28-14(4)24)10-17-21(25)29-20(22-17)16-6-5-7-18(13(16)3)23(26)27/h5-10H,1-4H3/b17-10-. The van der Waals surface area contributed by atoms with Gasteiger partial charge in [0.15, 0.2) is 5.70 Å². The fraction of sp³-hybridized carbons (Fsp3) is 0.190. The van der Waals surface area contributed by atoms with Crippen molar-refractivity contribution in [1.29, 1.82) is 0 Å². The monoisotopic (exact) mass is 394 g/mol. The van der Waals surface area contributed by atoms with Crippen molar-refractivity contribution < 1.29 is 24.0 Å². The van der Waals surface area contributed by atoms with Crippen molar-refractivity contribution in [3.63, 3.8) is 0 Å². The Morgan fingerprint density at radius 1 is 1.21 bits per heavy atom. The Hall–Kier alpha value is -3.81. The van der Waals surface area contributed by atoms with Crippen LogP contribution >= 0.6 is 0 Å². The molecule has 3 rings (SSSR count). The van der Waals surface area contributed by atoms with Crippen molar-refractivity contribution in [3.8, 4) is 5.75 Å². The average molecular weight is 394 g/mol. The molecule has 0 atom stereocenters. The van der Waals surface area contributed by atoms with E-state index >= 15 is 0 Å². The summed E-state index contributed by atoms with van der Waals surface area (Å²) in [5.41, 5.74) is 2.89. The van der Waals surface area contributed by atoms with Crippen LogP contribution < -0.4 is 4.74 Å². The molecule has 0 unspecified atom stereocenters. The molecule has 0 fully saturated rings. The Kier molecular flexibility index (Phi) is 5.27. The van der Waals surface area contributed by atoms with Crippen molar-refractivity contribution in [2.75, 3.05) is 0 Å². The second-order valence-corrected chi connectivity index (χ2v) is 6.62. The van der Waals surface area contributed by atoms with Gasteiger partial charge in [0.05, 0.1) is 4.92 Å². The van der Waals surface area contributed by atoms with Gasteiger partial charge in [-0.2, -0.15) is 0 Å². The highest BCUT2D eigenvalue weighted by atomic mass is 16.6. The van der Waals surface area contributed by atoms with Crippen LogP contribution in [0.25, 0.3) is 6.08 Å². The number of nitro groups is 1. The maximum Gasteiger partial charge on any atom is 0.363 e. The molecule has 2 aromatic rings. The average Bonchev–Trinajstić information content (AvgIpc) is 2.98. The number of carbonyl (C=O) groups is 2. The zero-order valence-corrected chi connectivity index (χ0v) is 16.3. The summed E-state index contributed by atoms with van der Waals surface area (Å²) in [4.78, 5) is 38.4. The summed E-state index contributed by atoms with van der Waals surface area (Å²) in [5.74, 6) is -0.564. The molecule has 0 saturated heterocycles. The molecule has 2 aromatic carbocycles. The summed E-state index contributed by atoms with van der Waals surface area (Å²) in [6, 6.07) is 8.02. The van der Waals surface area contributed by atoms with E-state index in [1.807, 2.05) is 0 Å². The number of esters is 2. The molecular weight excluding hydrogens is 376 g/mol. The predicted octanol–water partition coefficient (Wildman–Crippen LogP) is 3.79. The van der Waals surface area contributed by atoms with E-state index in [2.05, 4.69) is 4.99 Å². The first-order valence-corrected chi connectivity index (χ1v) is 8.74. The molecule has 0 N–H and O–H groups in total. The highest BCUT2D eigenvalue weighted by Crippen LogP contribution is 2.29. The van der Waals surface area contributed by atoms with Crippen molar-refractivity contribution in [2.45, 2.75) is 27.7 Å². The molecule has 1 aliphatic heterocycles. The van der Waals surface area contributed by atoms with E-state index in [1.54, 1.807) is 45.0 Å². The number of rotatable bonds is 4. The number of aliphatic imine (C=N–C) groups is 1. The summed E-state index contributed by atoms with van der Waals surface area (Å²) >= 11 is 0. The number of aryl methyl sites for hydroxylation is 2. The molecule has 29 heavy (non-hydrogen) atoms. The minimum Gasteiger partial charge on any atom is -0.426 e. The molecule has 8 heteroatoms. The highest BCUT2D eigenvalue weighted by Gasteiger charge is 2.27. The maximum absolute atomic E-state index is 12.3. The van der Waals surface area contributed by atoms with Gasteiger partial charge >= 0.3 is 11.9 Å². The van der Waals surface area contributed by atoms with E-state index in [0.717, 1.165) is 11.1 Å². The summed E-state index contributed by atoms with van der Waals surface area (Å²) in [6.45, 7) is 6.49. The molecule has 1 aliphatic rings. The van der Waals surface area contributed by atoms with Gasteiger partial charge in [0, 0.05) is 24.1 Å². The SMILES string of the molecule is CC(=O)Oc1c(C)cc(/C=C2\N=C(c3cccc([N+](=O)[O-])c3C)OC2=O)cc1C. The second-order valence-electron chi connectivity index (χ2n) is 6.62. The number of carbonyl (C=O) groups excluding carboxylic acids is 2. The van der Waals surface area contributed by atoms with Crippen LogP contribution in [0.5, 0.6) is 5.75 Å². The van der Waals surface area contributed by atoms with Crippen LogP contribution in [0, 0.1) is 30.9 Å². The van der Waals surface area contributed by atoms with Gasteiger partial charge in [0.25, 0.3) is 5.69 Å². The van der Waals surface area contributed by atoms with Gasteiger partial charge in [-0.3, -0.25) is 14.9 Å². The van der Waals surface area contributed by atoms with Crippen LogP contribution in [0.2, 0.25) is 0 Å². The Morgan fingerprint density at radius 2 is 1.86 bits per heavy atom. The lowest BCUT2D eigenvalue weighted by Crippen LogP contribution is -2.08.